The molecule has 3 atom stereocenters. The molecule has 2 aliphatic heterocycles. The number of amides is 3. The Morgan fingerprint density at radius 1 is 0.971 bits per heavy atom. The number of ether oxygens (including phenoxy) is 1. The van der Waals surface area contributed by atoms with Gasteiger partial charge in [0.1, 0.15) is 5.75 Å². The van der Waals surface area contributed by atoms with Gasteiger partial charge in [0.05, 0.1) is 23.4 Å². The Hall–Kier alpha value is -3.45. The first kappa shape index (κ1) is 23.3. The van der Waals surface area contributed by atoms with E-state index < -0.39 is 11.9 Å². The van der Waals surface area contributed by atoms with Crippen LogP contribution in [0.3, 0.4) is 0 Å². The monoisotopic (exact) mass is 492 g/mol. The Morgan fingerprint density at radius 2 is 1.69 bits per heavy atom. The van der Waals surface area contributed by atoms with E-state index >= 15 is 0 Å². The van der Waals surface area contributed by atoms with E-state index in [1.54, 1.807) is 54.3 Å². The van der Waals surface area contributed by atoms with E-state index in [4.69, 9.17) is 16.3 Å². The molecule has 2 aromatic carbocycles. The maximum atomic E-state index is 13.0. The fourth-order valence-corrected chi connectivity index (χ4v) is 5.28. The zero-order valence-corrected chi connectivity index (χ0v) is 20.2. The van der Waals surface area contributed by atoms with Gasteiger partial charge in [-0.15, -0.1) is 0 Å². The van der Waals surface area contributed by atoms with E-state index in [1.807, 2.05) is 13.0 Å². The maximum absolute atomic E-state index is 13.0. The molecule has 0 spiro atoms. The number of rotatable bonds is 4. The second-order valence-corrected chi connectivity index (χ2v) is 9.90. The summed E-state index contributed by atoms with van der Waals surface area (Å²) < 4.78 is 5.58. The summed E-state index contributed by atoms with van der Waals surface area (Å²) in [5, 5.41) is 0.568. The molecule has 2 fully saturated rings. The summed E-state index contributed by atoms with van der Waals surface area (Å²) >= 11 is 5.92. The van der Waals surface area contributed by atoms with Crippen LogP contribution in [-0.2, 0) is 19.2 Å². The molecule has 2 heterocycles. The van der Waals surface area contributed by atoms with E-state index in [2.05, 4.69) is 0 Å². The lowest BCUT2D eigenvalue weighted by Gasteiger charge is -2.19. The highest BCUT2D eigenvalue weighted by atomic mass is 35.5. The topological polar surface area (TPSA) is 84.0 Å². The summed E-state index contributed by atoms with van der Waals surface area (Å²) in [6.45, 7) is 3.99. The molecule has 3 aliphatic rings. The lowest BCUT2D eigenvalue weighted by Crippen LogP contribution is -2.31. The number of fused-ring (bicyclic) bond motifs is 1. The van der Waals surface area contributed by atoms with Crippen LogP contribution in [0, 0.1) is 24.7 Å². The van der Waals surface area contributed by atoms with Crippen molar-refractivity contribution in [2.45, 2.75) is 33.1 Å². The number of halogens is 1. The summed E-state index contributed by atoms with van der Waals surface area (Å²) in [6, 6.07) is 11.7. The molecule has 2 saturated heterocycles. The van der Waals surface area contributed by atoms with E-state index in [9.17, 15) is 19.2 Å². The summed E-state index contributed by atoms with van der Waals surface area (Å²) in [4.78, 5) is 54.1. The van der Waals surface area contributed by atoms with Crippen LogP contribution in [0.2, 0.25) is 5.02 Å². The first-order valence-electron chi connectivity index (χ1n) is 11.6. The molecule has 0 bridgehead atoms. The maximum Gasteiger partial charge on any atom is 0.316 e. The fraction of sp³-hybridized carbons (Fsp3) is 0.333. The molecule has 3 amide bonds. The Balaban J connectivity index is 1.28. The van der Waals surface area contributed by atoms with Crippen molar-refractivity contribution in [1.82, 2.24) is 0 Å². The van der Waals surface area contributed by atoms with Gasteiger partial charge in [-0.05, 0) is 74.7 Å². The minimum atomic E-state index is -0.598. The molecule has 0 aromatic heterocycles. The molecule has 1 aliphatic carbocycles. The van der Waals surface area contributed by atoms with Crippen molar-refractivity contribution < 1.29 is 23.9 Å². The standard InChI is InChI=1S/C27H25ClN2O5/c1-15-3-9-21-22(11-15)26(33)30(25(21)32)23-10-8-20(12-16(23)2)35-27(34)17-13-24(31)29(14-17)19-6-4-18(28)5-7-19/h3-8,10,12,17,21-22H,9,11,13-14H2,1-2H3/t17-,21+,22-/m1/s1. The van der Waals surface area contributed by atoms with Gasteiger partial charge in [-0.2, -0.15) is 0 Å². The first-order chi connectivity index (χ1) is 16.7. The molecule has 35 heavy (non-hydrogen) atoms. The number of carbonyl (C=O) groups excluding carboxylic acids is 4. The SMILES string of the molecule is CC1=CC[C@@H]2C(=O)N(c3ccc(OC(=O)[C@@H]4CC(=O)N(c5ccc(Cl)cc5)C4)cc3C)C(=O)[C@@H]2C1. The number of benzene rings is 2. The molecule has 8 heteroatoms. The first-order valence-corrected chi connectivity index (χ1v) is 12.0. The summed E-state index contributed by atoms with van der Waals surface area (Å²) in [6.07, 6.45) is 3.28. The number of esters is 1. The molecule has 0 radical (unpaired) electrons. The molecule has 0 N–H and O–H groups in total. The van der Waals surface area contributed by atoms with Crippen LogP contribution in [0.4, 0.5) is 11.4 Å². The van der Waals surface area contributed by atoms with Crippen LogP contribution in [-0.4, -0.2) is 30.2 Å². The molecule has 5 rings (SSSR count). The molecule has 2 aromatic rings. The highest BCUT2D eigenvalue weighted by Gasteiger charge is 2.49. The Bertz CT molecular complexity index is 1270. The normalized spacial score (nSPS) is 24.0. The van der Waals surface area contributed by atoms with Crippen molar-refractivity contribution >= 4 is 46.7 Å². The van der Waals surface area contributed by atoms with Gasteiger partial charge in [-0.3, -0.25) is 19.2 Å². The second-order valence-electron chi connectivity index (χ2n) is 9.47. The van der Waals surface area contributed by atoms with Crippen molar-refractivity contribution in [3.8, 4) is 5.75 Å². The molecule has 0 saturated carbocycles. The molecule has 7 nitrogen and oxygen atoms in total. The van der Waals surface area contributed by atoms with Gasteiger partial charge in [0.2, 0.25) is 17.7 Å². The highest BCUT2D eigenvalue weighted by molar-refractivity contribution is 6.30. The number of aryl methyl sites for hydroxylation is 1. The van der Waals surface area contributed by atoms with Gasteiger partial charge in [0.15, 0.2) is 0 Å². The van der Waals surface area contributed by atoms with Crippen molar-refractivity contribution in [3.05, 3.63) is 64.7 Å². The molecular formula is C27H25ClN2O5. The number of allylic oxidation sites excluding steroid dienone is 2. The third-order valence-electron chi connectivity index (χ3n) is 7.05. The van der Waals surface area contributed by atoms with Crippen molar-refractivity contribution in [2.24, 2.45) is 17.8 Å². The number of carbonyl (C=O) groups is 4. The average Bonchev–Trinajstić information content (AvgIpc) is 3.32. The predicted octanol–water partition coefficient (Wildman–Crippen LogP) is 4.45. The highest BCUT2D eigenvalue weighted by Crippen LogP contribution is 2.41. The van der Waals surface area contributed by atoms with Crippen molar-refractivity contribution in [3.63, 3.8) is 0 Å². The minimum absolute atomic E-state index is 0.0610. The van der Waals surface area contributed by atoms with Gasteiger partial charge in [0.25, 0.3) is 0 Å². The largest absolute Gasteiger partial charge is 0.426 e. The number of anilines is 2. The van der Waals surface area contributed by atoms with E-state index in [0.717, 1.165) is 5.57 Å². The van der Waals surface area contributed by atoms with E-state index in [0.29, 0.717) is 40.6 Å². The third kappa shape index (κ3) is 4.25. The van der Waals surface area contributed by atoms with Crippen LogP contribution in [0.5, 0.6) is 5.75 Å². The second kappa shape index (κ2) is 8.96. The number of nitrogens with zero attached hydrogens (tertiary/aromatic N) is 2. The van der Waals surface area contributed by atoms with Crippen molar-refractivity contribution in [1.29, 1.82) is 0 Å². The quantitative estimate of drug-likeness (QED) is 0.272. The summed E-state index contributed by atoms with van der Waals surface area (Å²) in [5.41, 5.74) is 2.98. The average molecular weight is 493 g/mol. The zero-order chi connectivity index (χ0) is 24.9. The van der Waals surface area contributed by atoms with Crippen LogP contribution in [0.15, 0.2) is 54.1 Å². The molecule has 180 valence electrons. The van der Waals surface area contributed by atoms with Crippen LogP contribution < -0.4 is 14.5 Å². The Morgan fingerprint density at radius 3 is 2.40 bits per heavy atom. The van der Waals surface area contributed by atoms with Crippen LogP contribution in [0.1, 0.15) is 31.7 Å². The molecule has 0 unspecified atom stereocenters. The minimum Gasteiger partial charge on any atom is -0.426 e. The summed E-state index contributed by atoms with van der Waals surface area (Å²) in [5.74, 6) is -1.92. The predicted molar refractivity (Wildman–Crippen MR) is 131 cm³/mol. The van der Waals surface area contributed by atoms with Gasteiger partial charge in [-0.1, -0.05) is 23.3 Å². The molecular weight excluding hydrogens is 468 g/mol. The van der Waals surface area contributed by atoms with Crippen LogP contribution >= 0.6 is 11.6 Å². The number of hydrogen-bond acceptors (Lipinski definition) is 5. The van der Waals surface area contributed by atoms with Crippen molar-refractivity contribution in [2.75, 3.05) is 16.3 Å². The Kier molecular flexibility index (Phi) is 5.97. The van der Waals surface area contributed by atoms with Gasteiger partial charge in [-0.25, -0.2) is 4.90 Å². The van der Waals surface area contributed by atoms with Crippen LogP contribution in [0.25, 0.3) is 0 Å². The smallest absolute Gasteiger partial charge is 0.316 e. The fourth-order valence-electron chi connectivity index (χ4n) is 5.15. The lowest BCUT2D eigenvalue weighted by molar-refractivity contribution is -0.139. The lowest BCUT2D eigenvalue weighted by atomic mass is 9.82. The summed E-state index contributed by atoms with van der Waals surface area (Å²) in [7, 11) is 0. The van der Waals surface area contributed by atoms with Gasteiger partial charge >= 0.3 is 5.97 Å². The van der Waals surface area contributed by atoms with E-state index in [-0.39, 0.29) is 42.5 Å². The zero-order valence-electron chi connectivity index (χ0n) is 19.5. The number of imide groups is 1. The van der Waals surface area contributed by atoms with Gasteiger partial charge < -0.3 is 9.64 Å². The van der Waals surface area contributed by atoms with Gasteiger partial charge in [0, 0.05) is 23.7 Å². The van der Waals surface area contributed by atoms with E-state index in [1.165, 1.54) is 4.90 Å². The third-order valence-corrected chi connectivity index (χ3v) is 7.30. The number of hydrogen-bond donors (Lipinski definition) is 0. The Labute approximate surface area is 208 Å².